The largest absolute Gasteiger partial charge is 0.480 e. The molecule has 31 heavy (non-hydrogen) atoms. The lowest BCUT2D eigenvalue weighted by Crippen LogP contribution is -2.42. The van der Waals surface area contributed by atoms with Crippen LogP contribution in [0, 0.1) is 0 Å². The average molecular weight is 449 g/mol. The van der Waals surface area contributed by atoms with Gasteiger partial charge in [0.15, 0.2) is 0 Å². The van der Waals surface area contributed by atoms with Gasteiger partial charge in [0.1, 0.15) is 6.04 Å². The number of carbonyl (C=O) groups excluding carboxylic acids is 1. The number of aromatic carboxylic acids is 1. The lowest BCUT2D eigenvalue weighted by molar-refractivity contribution is -0.143. The van der Waals surface area contributed by atoms with Crippen molar-refractivity contribution in [2.45, 2.75) is 24.8 Å². The van der Waals surface area contributed by atoms with E-state index in [1.165, 1.54) is 24.3 Å². The Balaban J connectivity index is 2.31. The van der Waals surface area contributed by atoms with Crippen LogP contribution in [-0.4, -0.2) is 34.1 Å². The van der Waals surface area contributed by atoms with Crippen LogP contribution >= 0.6 is 0 Å². The molecule has 0 fully saturated rings. The van der Waals surface area contributed by atoms with Gasteiger partial charge >= 0.3 is 24.3 Å². The third kappa shape index (κ3) is 6.20. The maximum atomic E-state index is 12.9. The zero-order chi connectivity index (χ0) is 23.6. The van der Waals surface area contributed by atoms with Gasteiger partial charge in [0.25, 0.3) is 5.91 Å². The Morgan fingerprint density at radius 3 is 1.68 bits per heavy atom. The molecule has 6 nitrogen and oxygen atoms in total. The van der Waals surface area contributed by atoms with E-state index in [0.717, 1.165) is 0 Å². The first-order valence-electron chi connectivity index (χ1n) is 8.34. The predicted molar refractivity (Wildman–Crippen MR) is 92.4 cm³/mol. The van der Waals surface area contributed by atoms with E-state index >= 15 is 0 Å². The Kier molecular flexibility index (Phi) is 6.62. The number of amides is 1. The summed E-state index contributed by atoms with van der Waals surface area (Å²) < 4.78 is 77.6. The number of hydrogen-bond acceptors (Lipinski definition) is 3. The van der Waals surface area contributed by atoms with Crippen molar-refractivity contribution in [3.8, 4) is 0 Å². The Morgan fingerprint density at radius 1 is 0.806 bits per heavy atom. The van der Waals surface area contributed by atoms with Gasteiger partial charge in [0.2, 0.25) is 0 Å². The minimum absolute atomic E-state index is 0.0942. The molecule has 12 heteroatoms. The Bertz CT molecular complexity index is 966. The number of carbonyl (C=O) groups is 3. The number of carboxylic acid groups (broad SMARTS) is 2. The van der Waals surface area contributed by atoms with Crippen LogP contribution in [0.5, 0.6) is 0 Å². The molecule has 0 heterocycles. The molecule has 3 N–H and O–H groups in total. The number of aliphatic carboxylic acids is 1. The lowest BCUT2D eigenvalue weighted by atomic mass is 10.0. The number of alkyl halides is 6. The summed E-state index contributed by atoms with van der Waals surface area (Å²) in [7, 11) is 0. The van der Waals surface area contributed by atoms with Gasteiger partial charge in [-0.2, -0.15) is 26.3 Å². The molecule has 0 aliphatic rings. The van der Waals surface area contributed by atoms with E-state index in [1.807, 2.05) is 5.32 Å². The highest BCUT2D eigenvalue weighted by Crippen LogP contribution is 2.36. The summed E-state index contributed by atoms with van der Waals surface area (Å²) in [6, 6.07) is 3.37. The van der Waals surface area contributed by atoms with Gasteiger partial charge in [-0.25, -0.2) is 9.59 Å². The SMILES string of the molecule is O=C(O)c1ccc(C[C@H](NC(=O)c2cc(C(F)(F)F)cc(C(F)(F)F)c2)C(=O)O)cc1. The van der Waals surface area contributed by atoms with Crippen LogP contribution in [0.25, 0.3) is 0 Å². The van der Waals surface area contributed by atoms with Crippen molar-refractivity contribution in [3.63, 3.8) is 0 Å². The van der Waals surface area contributed by atoms with Gasteiger partial charge in [-0.3, -0.25) is 4.79 Å². The number of carboxylic acids is 2. The quantitative estimate of drug-likeness (QED) is 0.582. The molecule has 0 saturated carbocycles. The molecule has 2 rings (SSSR count). The first-order valence-corrected chi connectivity index (χ1v) is 8.34. The van der Waals surface area contributed by atoms with Gasteiger partial charge < -0.3 is 15.5 Å². The highest BCUT2D eigenvalue weighted by molar-refractivity contribution is 5.97. The highest BCUT2D eigenvalue weighted by Gasteiger charge is 2.37. The molecule has 2 aromatic rings. The van der Waals surface area contributed by atoms with Crippen molar-refractivity contribution in [3.05, 3.63) is 70.3 Å². The van der Waals surface area contributed by atoms with Gasteiger partial charge in [0, 0.05) is 12.0 Å². The summed E-state index contributed by atoms with van der Waals surface area (Å²) in [5, 5.41) is 20.0. The fourth-order valence-electron chi connectivity index (χ4n) is 2.55. The van der Waals surface area contributed by atoms with Gasteiger partial charge in [-0.15, -0.1) is 0 Å². The van der Waals surface area contributed by atoms with Crippen molar-refractivity contribution in [2.24, 2.45) is 0 Å². The van der Waals surface area contributed by atoms with Crippen LogP contribution in [0.2, 0.25) is 0 Å². The van der Waals surface area contributed by atoms with E-state index in [9.17, 15) is 45.8 Å². The molecule has 0 radical (unpaired) electrons. The van der Waals surface area contributed by atoms with Crippen LogP contribution in [-0.2, 0) is 23.6 Å². The fraction of sp³-hybridized carbons (Fsp3) is 0.211. The fourth-order valence-corrected chi connectivity index (χ4v) is 2.55. The molecule has 0 spiro atoms. The molecule has 0 bridgehead atoms. The average Bonchev–Trinajstić information content (AvgIpc) is 2.66. The smallest absolute Gasteiger partial charge is 0.416 e. The van der Waals surface area contributed by atoms with Crippen LogP contribution < -0.4 is 5.32 Å². The molecular formula is C19H13F6NO5. The van der Waals surface area contributed by atoms with E-state index in [2.05, 4.69) is 0 Å². The maximum absolute atomic E-state index is 12.9. The lowest BCUT2D eigenvalue weighted by Gasteiger charge is -2.17. The zero-order valence-corrected chi connectivity index (χ0v) is 15.2. The van der Waals surface area contributed by atoms with Crippen LogP contribution in [0.4, 0.5) is 26.3 Å². The molecule has 166 valence electrons. The monoisotopic (exact) mass is 449 g/mol. The summed E-state index contributed by atoms with van der Waals surface area (Å²) in [5.41, 5.74) is -4.29. The standard InChI is InChI=1S/C19H13F6NO5/c20-18(21,22)12-6-11(7-13(8-12)19(23,24)25)15(27)26-14(17(30)31)5-9-1-3-10(4-2-9)16(28)29/h1-4,6-8,14H,5H2,(H,26,27)(H,28,29)(H,30,31)/t14-/m0/s1. The van der Waals surface area contributed by atoms with Crippen LogP contribution in [0.1, 0.15) is 37.4 Å². The topological polar surface area (TPSA) is 104 Å². The molecule has 1 amide bonds. The zero-order valence-electron chi connectivity index (χ0n) is 15.2. The highest BCUT2D eigenvalue weighted by atomic mass is 19.4. The summed E-state index contributed by atoms with van der Waals surface area (Å²) >= 11 is 0. The minimum atomic E-state index is -5.17. The summed E-state index contributed by atoms with van der Waals surface area (Å²) in [5.74, 6) is -4.29. The third-order valence-electron chi connectivity index (χ3n) is 4.09. The number of nitrogens with one attached hydrogen (secondary N) is 1. The number of benzene rings is 2. The van der Waals surface area contributed by atoms with Crippen molar-refractivity contribution >= 4 is 17.8 Å². The van der Waals surface area contributed by atoms with Crippen molar-refractivity contribution in [1.29, 1.82) is 0 Å². The molecule has 2 aromatic carbocycles. The molecule has 0 aliphatic carbocycles. The van der Waals surface area contributed by atoms with Crippen LogP contribution in [0.15, 0.2) is 42.5 Å². The number of hydrogen-bond donors (Lipinski definition) is 3. The number of halogens is 6. The predicted octanol–water partition coefficient (Wildman–Crippen LogP) is 3.85. The summed E-state index contributed by atoms with van der Waals surface area (Å²) in [4.78, 5) is 34.5. The molecule has 0 aliphatic heterocycles. The normalized spacial score (nSPS) is 12.8. The molecule has 0 unspecified atom stereocenters. The molecular weight excluding hydrogens is 436 g/mol. The second-order valence-electron chi connectivity index (χ2n) is 6.37. The van der Waals surface area contributed by atoms with Gasteiger partial charge in [0.05, 0.1) is 16.7 Å². The maximum Gasteiger partial charge on any atom is 0.416 e. The van der Waals surface area contributed by atoms with Crippen molar-refractivity contribution in [1.82, 2.24) is 5.32 Å². The van der Waals surface area contributed by atoms with E-state index in [1.54, 1.807) is 0 Å². The van der Waals surface area contributed by atoms with E-state index in [0.29, 0.717) is 0 Å². The van der Waals surface area contributed by atoms with E-state index in [-0.39, 0.29) is 29.3 Å². The third-order valence-corrected chi connectivity index (χ3v) is 4.09. The Morgan fingerprint density at radius 2 is 1.29 bits per heavy atom. The van der Waals surface area contributed by atoms with E-state index < -0.39 is 59.4 Å². The molecule has 1 atom stereocenters. The summed E-state index contributed by atoms with van der Waals surface area (Å²) in [6.45, 7) is 0. The van der Waals surface area contributed by atoms with Gasteiger partial charge in [-0.1, -0.05) is 12.1 Å². The van der Waals surface area contributed by atoms with Crippen LogP contribution in [0.3, 0.4) is 0 Å². The Labute approximate surface area is 170 Å². The second kappa shape index (κ2) is 8.66. The Hall–Kier alpha value is -3.57. The van der Waals surface area contributed by atoms with Crippen molar-refractivity contribution in [2.75, 3.05) is 0 Å². The van der Waals surface area contributed by atoms with Crippen molar-refractivity contribution < 1.29 is 50.9 Å². The first-order chi connectivity index (χ1) is 14.2. The number of rotatable bonds is 6. The van der Waals surface area contributed by atoms with E-state index in [4.69, 9.17) is 5.11 Å². The molecule has 0 aromatic heterocycles. The summed E-state index contributed by atoms with van der Waals surface area (Å²) in [6.07, 6.45) is -10.7. The second-order valence-corrected chi connectivity index (χ2v) is 6.37. The minimum Gasteiger partial charge on any atom is -0.480 e. The molecule has 0 saturated heterocycles. The first kappa shape index (κ1) is 23.7. The van der Waals surface area contributed by atoms with Gasteiger partial charge in [-0.05, 0) is 35.9 Å².